The van der Waals surface area contributed by atoms with Gasteiger partial charge in [-0.2, -0.15) is 0 Å². The van der Waals surface area contributed by atoms with Crippen molar-refractivity contribution in [1.29, 1.82) is 0 Å². The van der Waals surface area contributed by atoms with Gasteiger partial charge in [0.1, 0.15) is 0 Å². The Kier molecular flexibility index (Phi) is 3.95. The Hall–Kier alpha value is -1.03. The van der Waals surface area contributed by atoms with E-state index in [1.807, 2.05) is 0 Å². The number of aromatic nitrogens is 1. The number of halogens is 1. The van der Waals surface area contributed by atoms with Crippen LogP contribution in [-0.4, -0.2) is 23.3 Å². The molecule has 0 bridgehead atoms. The van der Waals surface area contributed by atoms with E-state index in [0.717, 1.165) is 6.42 Å². The minimum absolute atomic E-state index is 0.229. The van der Waals surface area contributed by atoms with Gasteiger partial charge in [0.2, 0.25) is 5.76 Å². The third-order valence-electron chi connectivity index (χ3n) is 1.71. The zero-order chi connectivity index (χ0) is 10.6. The van der Waals surface area contributed by atoms with Crippen LogP contribution in [0, 0.1) is 13.8 Å². The Bertz CT molecular complexity index is 323. The quantitative estimate of drug-likeness (QED) is 0.615. The molecule has 0 radical (unpaired) electrons. The summed E-state index contributed by atoms with van der Waals surface area (Å²) < 4.78 is 5.15. The topological polar surface area (TPSA) is 55.1 Å². The van der Waals surface area contributed by atoms with Crippen LogP contribution in [0.5, 0.6) is 0 Å². The summed E-state index contributed by atoms with van der Waals surface area (Å²) in [5.74, 6) is 1.10. The maximum Gasteiger partial charge on any atom is 0.289 e. The van der Waals surface area contributed by atoms with Gasteiger partial charge >= 0.3 is 0 Å². The zero-order valence-electron chi connectivity index (χ0n) is 8.26. The first kappa shape index (κ1) is 11.0. The molecule has 0 spiro atoms. The summed E-state index contributed by atoms with van der Waals surface area (Å²) in [6.07, 6.45) is 0.749. The number of hydrogen-bond donors (Lipinski definition) is 1. The molecule has 0 unspecified atom stereocenters. The van der Waals surface area contributed by atoms with Gasteiger partial charge in [-0.25, -0.2) is 4.98 Å². The fraction of sp³-hybridized carbons (Fsp3) is 0.556. The molecule has 5 heteroatoms. The SMILES string of the molecule is Cc1nc(C)c(C(=O)NCCCCl)o1. The summed E-state index contributed by atoms with van der Waals surface area (Å²) >= 11 is 5.48. The van der Waals surface area contributed by atoms with Crippen LogP contribution < -0.4 is 5.32 Å². The Morgan fingerprint density at radius 2 is 2.29 bits per heavy atom. The number of alkyl halides is 1. The van der Waals surface area contributed by atoms with Crippen LogP contribution in [-0.2, 0) is 0 Å². The van der Waals surface area contributed by atoms with Gasteiger partial charge < -0.3 is 9.73 Å². The lowest BCUT2D eigenvalue weighted by atomic mass is 10.3. The van der Waals surface area contributed by atoms with Crippen LogP contribution in [0.2, 0.25) is 0 Å². The van der Waals surface area contributed by atoms with E-state index >= 15 is 0 Å². The van der Waals surface area contributed by atoms with Crippen LogP contribution in [0.4, 0.5) is 0 Å². The van der Waals surface area contributed by atoms with Crippen molar-refractivity contribution >= 4 is 17.5 Å². The zero-order valence-corrected chi connectivity index (χ0v) is 9.02. The van der Waals surface area contributed by atoms with Gasteiger partial charge in [-0.1, -0.05) is 0 Å². The molecule has 0 aromatic carbocycles. The Morgan fingerprint density at radius 1 is 1.57 bits per heavy atom. The highest BCUT2D eigenvalue weighted by atomic mass is 35.5. The fourth-order valence-electron chi connectivity index (χ4n) is 1.09. The van der Waals surface area contributed by atoms with Crippen molar-refractivity contribution in [3.8, 4) is 0 Å². The molecule has 1 heterocycles. The predicted octanol–water partition coefficient (Wildman–Crippen LogP) is 1.65. The highest BCUT2D eigenvalue weighted by Crippen LogP contribution is 2.08. The van der Waals surface area contributed by atoms with Crippen molar-refractivity contribution in [2.75, 3.05) is 12.4 Å². The summed E-state index contributed by atoms with van der Waals surface area (Å²) in [6, 6.07) is 0. The number of hydrogen-bond acceptors (Lipinski definition) is 3. The summed E-state index contributed by atoms with van der Waals surface area (Å²) in [7, 11) is 0. The molecule has 1 N–H and O–H groups in total. The van der Waals surface area contributed by atoms with E-state index in [0.29, 0.717) is 24.0 Å². The normalized spacial score (nSPS) is 10.2. The second-order valence-electron chi connectivity index (χ2n) is 2.95. The smallest absolute Gasteiger partial charge is 0.289 e. The van der Waals surface area contributed by atoms with Gasteiger partial charge in [0.15, 0.2) is 5.89 Å². The highest BCUT2D eigenvalue weighted by Gasteiger charge is 2.14. The number of nitrogens with zero attached hydrogens (tertiary/aromatic N) is 1. The van der Waals surface area contributed by atoms with E-state index in [9.17, 15) is 4.79 Å². The van der Waals surface area contributed by atoms with Crippen LogP contribution in [0.15, 0.2) is 4.42 Å². The van der Waals surface area contributed by atoms with E-state index in [-0.39, 0.29) is 11.7 Å². The average Bonchev–Trinajstić information content (AvgIpc) is 2.45. The number of carbonyl (C=O) groups is 1. The summed E-state index contributed by atoms with van der Waals surface area (Å²) in [5, 5.41) is 2.70. The van der Waals surface area contributed by atoms with E-state index < -0.39 is 0 Å². The van der Waals surface area contributed by atoms with E-state index in [1.165, 1.54) is 0 Å². The van der Waals surface area contributed by atoms with Crippen molar-refractivity contribution in [3.63, 3.8) is 0 Å². The first-order valence-electron chi connectivity index (χ1n) is 4.43. The third-order valence-corrected chi connectivity index (χ3v) is 1.97. The van der Waals surface area contributed by atoms with Crippen LogP contribution in [0.3, 0.4) is 0 Å². The molecule has 0 aliphatic rings. The first-order valence-corrected chi connectivity index (χ1v) is 4.96. The van der Waals surface area contributed by atoms with E-state index in [2.05, 4.69) is 10.3 Å². The van der Waals surface area contributed by atoms with Crippen LogP contribution in [0.1, 0.15) is 28.6 Å². The molecule has 1 amide bonds. The van der Waals surface area contributed by atoms with Gasteiger partial charge in [-0.3, -0.25) is 4.79 Å². The maximum atomic E-state index is 11.5. The molecule has 78 valence electrons. The second-order valence-corrected chi connectivity index (χ2v) is 3.32. The highest BCUT2D eigenvalue weighted by molar-refractivity contribution is 6.17. The minimum atomic E-state index is -0.229. The lowest BCUT2D eigenvalue weighted by Gasteiger charge is -2.00. The molecule has 0 aliphatic carbocycles. The number of amides is 1. The number of nitrogens with one attached hydrogen (secondary N) is 1. The van der Waals surface area contributed by atoms with Gasteiger partial charge in [0.25, 0.3) is 5.91 Å². The molecule has 14 heavy (non-hydrogen) atoms. The number of aryl methyl sites for hydroxylation is 2. The van der Waals surface area contributed by atoms with E-state index in [4.69, 9.17) is 16.0 Å². The third kappa shape index (κ3) is 2.73. The lowest BCUT2D eigenvalue weighted by Crippen LogP contribution is -2.24. The van der Waals surface area contributed by atoms with E-state index in [1.54, 1.807) is 13.8 Å². The molecule has 0 aliphatic heterocycles. The Labute approximate surface area is 87.6 Å². The van der Waals surface area contributed by atoms with Crippen molar-refractivity contribution in [2.24, 2.45) is 0 Å². The van der Waals surface area contributed by atoms with Crippen LogP contribution >= 0.6 is 11.6 Å². The van der Waals surface area contributed by atoms with Crippen molar-refractivity contribution in [3.05, 3.63) is 17.3 Å². The van der Waals surface area contributed by atoms with Crippen molar-refractivity contribution < 1.29 is 9.21 Å². The second kappa shape index (κ2) is 5.00. The summed E-state index contributed by atoms with van der Waals surface area (Å²) in [6.45, 7) is 4.01. The molecule has 0 fully saturated rings. The van der Waals surface area contributed by atoms with Crippen molar-refractivity contribution in [1.82, 2.24) is 10.3 Å². The number of oxazole rings is 1. The summed E-state index contributed by atoms with van der Waals surface area (Å²) in [4.78, 5) is 15.5. The molecule has 1 aromatic heterocycles. The Balaban J connectivity index is 2.56. The van der Waals surface area contributed by atoms with Crippen molar-refractivity contribution in [2.45, 2.75) is 20.3 Å². The lowest BCUT2D eigenvalue weighted by molar-refractivity contribution is 0.0924. The largest absolute Gasteiger partial charge is 0.436 e. The first-order chi connectivity index (χ1) is 6.65. The van der Waals surface area contributed by atoms with Gasteiger partial charge in [0, 0.05) is 19.3 Å². The Morgan fingerprint density at radius 3 is 2.79 bits per heavy atom. The fourth-order valence-corrected chi connectivity index (χ4v) is 1.22. The molecule has 0 saturated carbocycles. The minimum Gasteiger partial charge on any atom is -0.436 e. The average molecular weight is 217 g/mol. The molecule has 0 atom stereocenters. The standard InChI is InChI=1S/C9H13ClN2O2/c1-6-8(14-7(2)12-6)9(13)11-5-3-4-10/h3-5H2,1-2H3,(H,11,13). The maximum absolute atomic E-state index is 11.5. The molecule has 0 saturated heterocycles. The molecular formula is C9H13ClN2O2. The summed E-state index contributed by atoms with van der Waals surface area (Å²) in [5.41, 5.74) is 0.617. The van der Waals surface area contributed by atoms with Crippen LogP contribution in [0.25, 0.3) is 0 Å². The molecular weight excluding hydrogens is 204 g/mol. The number of carbonyl (C=O) groups excluding carboxylic acids is 1. The van der Waals surface area contributed by atoms with Gasteiger partial charge in [0.05, 0.1) is 5.69 Å². The van der Waals surface area contributed by atoms with Gasteiger partial charge in [-0.15, -0.1) is 11.6 Å². The molecule has 1 rings (SSSR count). The molecule has 4 nitrogen and oxygen atoms in total. The molecule has 1 aromatic rings. The number of rotatable bonds is 4. The predicted molar refractivity (Wildman–Crippen MR) is 53.6 cm³/mol. The van der Waals surface area contributed by atoms with Gasteiger partial charge in [-0.05, 0) is 13.3 Å². The monoisotopic (exact) mass is 216 g/mol.